The SMILES string of the molecule is CC(=O)N[C@H]1[C@@H]2CNC[C@@H]21. The van der Waals surface area contributed by atoms with Crippen molar-refractivity contribution in [3.8, 4) is 0 Å². The summed E-state index contributed by atoms with van der Waals surface area (Å²) in [7, 11) is 0. The van der Waals surface area contributed by atoms with Gasteiger partial charge in [-0.05, 0) is 11.8 Å². The van der Waals surface area contributed by atoms with Gasteiger partial charge in [0, 0.05) is 26.1 Å². The molecule has 1 amide bonds. The molecule has 2 fully saturated rings. The van der Waals surface area contributed by atoms with E-state index in [2.05, 4.69) is 10.6 Å². The maximum atomic E-state index is 10.6. The van der Waals surface area contributed by atoms with E-state index in [-0.39, 0.29) is 5.91 Å². The Labute approximate surface area is 60.2 Å². The Kier molecular flexibility index (Phi) is 1.20. The van der Waals surface area contributed by atoms with E-state index >= 15 is 0 Å². The maximum Gasteiger partial charge on any atom is 0.217 e. The first kappa shape index (κ1) is 6.16. The van der Waals surface area contributed by atoms with Crippen molar-refractivity contribution in [1.82, 2.24) is 10.6 Å². The average molecular weight is 140 g/mol. The Morgan fingerprint density at radius 3 is 2.60 bits per heavy atom. The first-order chi connectivity index (χ1) is 4.79. The lowest BCUT2D eigenvalue weighted by atomic mass is 10.4. The predicted octanol–water partition coefficient (Wildman–Crippen LogP) is -0.660. The number of rotatable bonds is 1. The fourth-order valence-electron chi connectivity index (χ4n) is 1.87. The van der Waals surface area contributed by atoms with Gasteiger partial charge in [0.25, 0.3) is 0 Å². The van der Waals surface area contributed by atoms with Gasteiger partial charge >= 0.3 is 0 Å². The van der Waals surface area contributed by atoms with Crippen molar-refractivity contribution < 1.29 is 4.79 Å². The van der Waals surface area contributed by atoms with Crippen molar-refractivity contribution in [2.45, 2.75) is 13.0 Å². The topological polar surface area (TPSA) is 41.1 Å². The first-order valence-electron chi connectivity index (χ1n) is 3.77. The number of hydrogen-bond acceptors (Lipinski definition) is 2. The Bertz CT molecular complexity index is 159. The molecule has 1 saturated carbocycles. The van der Waals surface area contributed by atoms with Crippen molar-refractivity contribution in [3.63, 3.8) is 0 Å². The van der Waals surface area contributed by atoms with Crippen LogP contribution in [0, 0.1) is 11.8 Å². The van der Waals surface area contributed by atoms with E-state index in [1.165, 1.54) is 0 Å². The molecule has 0 bridgehead atoms. The molecule has 3 atom stereocenters. The molecule has 3 heteroatoms. The molecule has 56 valence electrons. The van der Waals surface area contributed by atoms with Gasteiger partial charge in [-0.3, -0.25) is 4.79 Å². The van der Waals surface area contributed by atoms with E-state index in [0.29, 0.717) is 6.04 Å². The molecule has 1 heterocycles. The summed E-state index contributed by atoms with van der Waals surface area (Å²) in [6.45, 7) is 3.77. The minimum atomic E-state index is 0.111. The quantitative estimate of drug-likeness (QED) is 0.507. The monoisotopic (exact) mass is 140 g/mol. The molecule has 1 aliphatic heterocycles. The molecule has 3 nitrogen and oxygen atoms in total. The molecule has 0 aromatic heterocycles. The van der Waals surface area contributed by atoms with E-state index in [1.807, 2.05) is 0 Å². The van der Waals surface area contributed by atoms with Crippen molar-refractivity contribution in [2.75, 3.05) is 13.1 Å². The lowest BCUT2D eigenvalue weighted by Gasteiger charge is -2.03. The lowest BCUT2D eigenvalue weighted by Crippen LogP contribution is -2.30. The second-order valence-corrected chi connectivity index (χ2v) is 3.21. The summed E-state index contributed by atoms with van der Waals surface area (Å²) >= 11 is 0. The number of carbonyl (C=O) groups is 1. The summed E-state index contributed by atoms with van der Waals surface area (Å²) in [5.74, 6) is 1.59. The number of fused-ring (bicyclic) bond motifs is 1. The molecule has 0 aromatic carbocycles. The third kappa shape index (κ3) is 0.814. The molecular weight excluding hydrogens is 128 g/mol. The molecule has 0 unspecified atom stereocenters. The molecule has 2 N–H and O–H groups in total. The fraction of sp³-hybridized carbons (Fsp3) is 0.857. The maximum absolute atomic E-state index is 10.6. The first-order valence-corrected chi connectivity index (χ1v) is 3.77. The van der Waals surface area contributed by atoms with Gasteiger partial charge in [-0.25, -0.2) is 0 Å². The van der Waals surface area contributed by atoms with Crippen LogP contribution in [-0.2, 0) is 4.79 Å². The highest BCUT2D eigenvalue weighted by Gasteiger charge is 2.53. The lowest BCUT2D eigenvalue weighted by molar-refractivity contribution is -0.119. The van der Waals surface area contributed by atoms with Crippen molar-refractivity contribution >= 4 is 5.91 Å². The Balaban J connectivity index is 1.84. The fourth-order valence-corrected chi connectivity index (χ4v) is 1.87. The third-order valence-corrected chi connectivity index (χ3v) is 2.46. The zero-order valence-corrected chi connectivity index (χ0v) is 6.05. The molecule has 0 radical (unpaired) electrons. The molecule has 2 aliphatic rings. The van der Waals surface area contributed by atoms with Gasteiger partial charge in [0.1, 0.15) is 0 Å². The Morgan fingerprint density at radius 2 is 2.10 bits per heavy atom. The van der Waals surface area contributed by atoms with Crippen LogP contribution < -0.4 is 10.6 Å². The van der Waals surface area contributed by atoms with Gasteiger partial charge in [0.15, 0.2) is 0 Å². The average Bonchev–Trinajstić information content (AvgIpc) is 2.40. The summed E-state index contributed by atoms with van der Waals surface area (Å²) in [4.78, 5) is 10.6. The van der Waals surface area contributed by atoms with E-state index < -0.39 is 0 Å². The number of carbonyl (C=O) groups excluding carboxylic acids is 1. The summed E-state index contributed by atoms with van der Waals surface area (Å²) in [5.41, 5.74) is 0. The Morgan fingerprint density at radius 1 is 1.50 bits per heavy atom. The van der Waals surface area contributed by atoms with E-state index in [4.69, 9.17) is 0 Å². The van der Waals surface area contributed by atoms with Crippen molar-refractivity contribution in [1.29, 1.82) is 0 Å². The third-order valence-electron chi connectivity index (χ3n) is 2.46. The van der Waals surface area contributed by atoms with Crippen LogP contribution in [0.25, 0.3) is 0 Å². The minimum absolute atomic E-state index is 0.111. The predicted molar refractivity (Wildman–Crippen MR) is 37.5 cm³/mol. The highest BCUT2D eigenvalue weighted by molar-refractivity contribution is 5.73. The van der Waals surface area contributed by atoms with Gasteiger partial charge in [-0.2, -0.15) is 0 Å². The van der Waals surface area contributed by atoms with Gasteiger partial charge in [0.2, 0.25) is 5.91 Å². The molecule has 0 aromatic rings. The van der Waals surface area contributed by atoms with Gasteiger partial charge in [-0.15, -0.1) is 0 Å². The van der Waals surface area contributed by atoms with E-state index in [0.717, 1.165) is 24.9 Å². The summed E-state index contributed by atoms with van der Waals surface area (Å²) in [6, 6.07) is 0.499. The second kappa shape index (κ2) is 1.95. The largest absolute Gasteiger partial charge is 0.353 e. The second-order valence-electron chi connectivity index (χ2n) is 3.21. The van der Waals surface area contributed by atoms with Gasteiger partial charge in [0.05, 0.1) is 0 Å². The van der Waals surface area contributed by atoms with Crippen molar-refractivity contribution in [2.24, 2.45) is 11.8 Å². The molecule has 10 heavy (non-hydrogen) atoms. The van der Waals surface area contributed by atoms with Crippen LogP contribution in [0.3, 0.4) is 0 Å². The zero-order valence-electron chi connectivity index (χ0n) is 6.05. The standard InChI is InChI=1S/C7H12N2O/c1-4(10)9-7-5-2-8-3-6(5)7/h5-8H,2-3H2,1H3,(H,9,10)/t5-,6+,7+. The summed E-state index contributed by atoms with van der Waals surface area (Å²) < 4.78 is 0. The molecule has 2 rings (SSSR count). The summed E-state index contributed by atoms with van der Waals surface area (Å²) in [5, 5.41) is 6.21. The molecule has 1 aliphatic carbocycles. The van der Waals surface area contributed by atoms with Gasteiger partial charge < -0.3 is 10.6 Å². The Hall–Kier alpha value is -0.570. The number of amides is 1. The molecular formula is C7H12N2O. The minimum Gasteiger partial charge on any atom is -0.353 e. The number of piperidine rings is 1. The zero-order chi connectivity index (χ0) is 7.14. The van der Waals surface area contributed by atoms with Crippen molar-refractivity contribution in [3.05, 3.63) is 0 Å². The van der Waals surface area contributed by atoms with Crippen LogP contribution in [0.5, 0.6) is 0 Å². The number of nitrogens with one attached hydrogen (secondary N) is 2. The van der Waals surface area contributed by atoms with Crippen LogP contribution in [0.1, 0.15) is 6.92 Å². The van der Waals surface area contributed by atoms with E-state index in [9.17, 15) is 4.79 Å². The molecule has 0 spiro atoms. The van der Waals surface area contributed by atoms with Gasteiger partial charge in [-0.1, -0.05) is 0 Å². The normalized spacial score (nSPS) is 42.7. The van der Waals surface area contributed by atoms with E-state index in [1.54, 1.807) is 6.92 Å². The van der Waals surface area contributed by atoms with Crippen LogP contribution in [-0.4, -0.2) is 25.0 Å². The van der Waals surface area contributed by atoms with Crippen LogP contribution in [0.15, 0.2) is 0 Å². The highest BCUT2D eigenvalue weighted by Crippen LogP contribution is 2.41. The molecule has 1 saturated heterocycles. The smallest absolute Gasteiger partial charge is 0.217 e. The summed E-state index contributed by atoms with van der Waals surface area (Å²) in [6.07, 6.45) is 0. The highest BCUT2D eigenvalue weighted by atomic mass is 16.1. The number of hydrogen-bond donors (Lipinski definition) is 2. The van der Waals surface area contributed by atoms with Crippen LogP contribution in [0.2, 0.25) is 0 Å². The van der Waals surface area contributed by atoms with Crippen LogP contribution in [0.4, 0.5) is 0 Å². The van der Waals surface area contributed by atoms with Crippen LogP contribution >= 0.6 is 0 Å².